The third-order valence-electron chi connectivity index (χ3n) is 2.39. The molecule has 0 bridgehead atoms. The van der Waals surface area contributed by atoms with Gasteiger partial charge in [-0.2, -0.15) is 0 Å². The van der Waals surface area contributed by atoms with Crippen LogP contribution in [0.5, 0.6) is 0 Å². The summed E-state index contributed by atoms with van der Waals surface area (Å²) in [6.07, 6.45) is 4.67. The molecule has 0 fully saturated rings. The van der Waals surface area contributed by atoms with Crippen molar-refractivity contribution in [1.82, 2.24) is 9.97 Å². The Balaban J connectivity index is 2.52. The Hall–Kier alpha value is -1.57. The molecule has 0 aliphatic rings. The summed E-state index contributed by atoms with van der Waals surface area (Å²) in [5.74, 6) is -2.71. The zero-order valence-corrected chi connectivity index (χ0v) is 10.9. The molecule has 0 saturated heterocycles. The summed E-state index contributed by atoms with van der Waals surface area (Å²) in [5.41, 5.74) is 5.36. The van der Waals surface area contributed by atoms with Crippen LogP contribution in [0.2, 0.25) is 0 Å². The minimum absolute atomic E-state index is 0.128. The van der Waals surface area contributed by atoms with Gasteiger partial charge in [-0.25, -0.2) is 14.8 Å². The SMILES string of the molecule is CCCCOC(=O)C(O)(CN)OCc1ncccn1. The number of aliphatic hydroxyl groups is 1. The van der Waals surface area contributed by atoms with Crippen LogP contribution in [0.4, 0.5) is 0 Å². The number of nitrogens with two attached hydrogens (primary N) is 1. The van der Waals surface area contributed by atoms with Crippen molar-refractivity contribution in [3.8, 4) is 0 Å². The van der Waals surface area contributed by atoms with E-state index in [1.165, 1.54) is 12.4 Å². The summed E-state index contributed by atoms with van der Waals surface area (Å²) in [6, 6.07) is 1.65. The van der Waals surface area contributed by atoms with Gasteiger partial charge in [-0.15, -0.1) is 0 Å². The predicted molar refractivity (Wildman–Crippen MR) is 66.7 cm³/mol. The minimum Gasteiger partial charge on any atom is -0.462 e. The van der Waals surface area contributed by atoms with Crippen LogP contribution in [0, 0.1) is 0 Å². The number of ether oxygens (including phenoxy) is 2. The van der Waals surface area contributed by atoms with Crippen LogP contribution in [0.1, 0.15) is 25.6 Å². The van der Waals surface area contributed by atoms with Gasteiger partial charge in [0.15, 0.2) is 5.82 Å². The lowest BCUT2D eigenvalue weighted by molar-refractivity contribution is -0.229. The van der Waals surface area contributed by atoms with Crippen molar-refractivity contribution in [3.05, 3.63) is 24.3 Å². The van der Waals surface area contributed by atoms with E-state index in [0.717, 1.165) is 6.42 Å². The smallest absolute Gasteiger partial charge is 0.368 e. The van der Waals surface area contributed by atoms with E-state index in [0.29, 0.717) is 12.2 Å². The van der Waals surface area contributed by atoms with Crippen molar-refractivity contribution in [2.45, 2.75) is 32.2 Å². The van der Waals surface area contributed by atoms with Crippen molar-refractivity contribution in [2.75, 3.05) is 13.2 Å². The topological polar surface area (TPSA) is 108 Å². The van der Waals surface area contributed by atoms with Gasteiger partial charge in [0.1, 0.15) is 6.61 Å². The van der Waals surface area contributed by atoms with E-state index in [9.17, 15) is 9.90 Å². The first-order chi connectivity index (χ1) is 9.12. The second-order valence-electron chi connectivity index (χ2n) is 3.93. The number of hydrogen-bond acceptors (Lipinski definition) is 7. The molecule has 19 heavy (non-hydrogen) atoms. The normalized spacial score (nSPS) is 13.8. The van der Waals surface area contributed by atoms with Gasteiger partial charge >= 0.3 is 5.97 Å². The van der Waals surface area contributed by atoms with Gasteiger partial charge in [0.05, 0.1) is 13.2 Å². The number of aromatic nitrogens is 2. The lowest BCUT2D eigenvalue weighted by Crippen LogP contribution is -2.49. The molecule has 1 aromatic rings. The van der Waals surface area contributed by atoms with Crippen molar-refractivity contribution in [2.24, 2.45) is 5.73 Å². The molecule has 0 amide bonds. The number of esters is 1. The molecule has 3 N–H and O–H groups in total. The Morgan fingerprint density at radius 1 is 1.47 bits per heavy atom. The quantitative estimate of drug-likeness (QED) is 0.388. The zero-order valence-electron chi connectivity index (χ0n) is 10.9. The Morgan fingerprint density at radius 3 is 2.74 bits per heavy atom. The van der Waals surface area contributed by atoms with E-state index in [1.54, 1.807) is 6.07 Å². The van der Waals surface area contributed by atoms with E-state index in [1.807, 2.05) is 6.92 Å². The molecule has 0 spiro atoms. The summed E-state index contributed by atoms with van der Waals surface area (Å²) in [5, 5.41) is 9.97. The van der Waals surface area contributed by atoms with Gasteiger partial charge in [0.25, 0.3) is 5.79 Å². The molecular weight excluding hydrogens is 250 g/mol. The van der Waals surface area contributed by atoms with Gasteiger partial charge in [-0.1, -0.05) is 13.3 Å². The maximum Gasteiger partial charge on any atom is 0.368 e. The number of nitrogens with zero attached hydrogens (tertiary/aromatic N) is 2. The number of carbonyl (C=O) groups is 1. The van der Waals surface area contributed by atoms with Gasteiger partial charge in [0.2, 0.25) is 0 Å². The molecular formula is C12H19N3O4. The number of hydrogen-bond donors (Lipinski definition) is 2. The highest BCUT2D eigenvalue weighted by Gasteiger charge is 2.38. The Kier molecular flexibility index (Phi) is 6.34. The van der Waals surface area contributed by atoms with Crippen molar-refractivity contribution in [3.63, 3.8) is 0 Å². The average molecular weight is 269 g/mol. The second-order valence-corrected chi connectivity index (χ2v) is 3.93. The minimum atomic E-state index is -2.16. The molecule has 1 aromatic heterocycles. The molecule has 1 rings (SSSR count). The molecule has 0 aromatic carbocycles. The Morgan fingerprint density at radius 2 is 2.16 bits per heavy atom. The fraction of sp³-hybridized carbons (Fsp3) is 0.583. The summed E-state index contributed by atoms with van der Waals surface area (Å²) < 4.78 is 9.98. The van der Waals surface area contributed by atoms with E-state index in [-0.39, 0.29) is 13.2 Å². The van der Waals surface area contributed by atoms with Crippen LogP contribution in [0.15, 0.2) is 18.5 Å². The van der Waals surface area contributed by atoms with Crippen LogP contribution in [0.3, 0.4) is 0 Å². The third kappa shape index (κ3) is 4.90. The second kappa shape index (κ2) is 7.78. The molecule has 0 aliphatic carbocycles. The molecule has 106 valence electrons. The first kappa shape index (κ1) is 15.5. The molecule has 0 saturated carbocycles. The molecule has 0 aliphatic heterocycles. The highest BCUT2D eigenvalue weighted by Crippen LogP contribution is 2.11. The fourth-order valence-corrected chi connectivity index (χ4v) is 1.21. The highest BCUT2D eigenvalue weighted by atomic mass is 16.7. The molecule has 1 heterocycles. The van der Waals surface area contributed by atoms with Crippen LogP contribution in [-0.2, 0) is 20.9 Å². The highest BCUT2D eigenvalue weighted by molar-refractivity contribution is 5.77. The lowest BCUT2D eigenvalue weighted by Gasteiger charge is -2.23. The van der Waals surface area contributed by atoms with E-state index >= 15 is 0 Å². The fourth-order valence-electron chi connectivity index (χ4n) is 1.21. The molecule has 1 unspecified atom stereocenters. The summed E-state index contributed by atoms with van der Waals surface area (Å²) >= 11 is 0. The number of carbonyl (C=O) groups excluding carboxylic acids is 1. The Labute approximate surface area is 111 Å². The average Bonchev–Trinajstić information content (AvgIpc) is 2.46. The monoisotopic (exact) mass is 269 g/mol. The first-order valence-electron chi connectivity index (χ1n) is 6.12. The summed E-state index contributed by atoms with van der Waals surface area (Å²) in [7, 11) is 0. The largest absolute Gasteiger partial charge is 0.462 e. The molecule has 1 atom stereocenters. The van der Waals surface area contributed by atoms with Gasteiger partial charge in [-0.05, 0) is 12.5 Å². The van der Waals surface area contributed by atoms with Crippen LogP contribution in [-0.4, -0.2) is 40.0 Å². The zero-order chi connectivity index (χ0) is 14.1. The van der Waals surface area contributed by atoms with E-state index in [2.05, 4.69) is 9.97 Å². The predicted octanol–water partition coefficient (Wildman–Crippen LogP) is -0.0162. The van der Waals surface area contributed by atoms with E-state index in [4.69, 9.17) is 15.2 Å². The van der Waals surface area contributed by atoms with Gasteiger partial charge < -0.3 is 20.3 Å². The van der Waals surface area contributed by atoms with Crippen LogP contribution in [0.25, 0.3) is 0 Å². The lowest BCUT2D eigenvalue weighted by atomic mass is 10.3. The van der Waals surface area contributed by atoms with Crippen LogP contribution >= 0.6 is 0 Å². The number of rotatable bonds is 8. The first-order valence-corrected chi connectivity index (χ1v) is 6.12. The maximum atomic E-state index is 11.7. The standard InChI is InChI=1S/C12H19N3O4/c1-2-3-7-18-11(16)12(17,9-13)19-8-10-14-5-4-6-15-10/h4-6,17H,2-3,7-9,13H2,1H3. The molecule has 7 heteroatoms. The van der Waals surface area contributed by atoms with Crippen LogP contribution < -0.4 is 5.73 Å². The van der Waals surface area contributed by atoms with Gasteiger partial charge in [-0.3, -0.25) is 0 Å². The Bertz CT molecular complexity index is 388. The summed E-state index contributed by atoms with van der Waals surface area (Å²) in [4.78, 5) is 19.5. The maximum absolute atomic E-state index is 11.7. The van der Waals surface area contributed by atoms with Crippen molar-refractivity contribution < 1.29 is 19.4 Å². The van der Waals surface area contributed by atoms with E-state index < -0.39 is 18.3 Å². The van der Waals surface area contributed by atoms with Crippen molar-refractivity contribution in [1.29, 1.82) is 0 Å². The van der Waals surface area contributed by atoms with Gasteiger partial charge in [0, 0.05) is 12.4 Å². The third-order valence-corrected chi connectivity index (χ3v) is 2.39. The molecule has 7 nitrogen and oxygen atoms in total. The molecule has 0 radical (unpaired) electrons. The summed E-state index contributed by atoms with van der Waals surface area (Å²) in [6.45, 7) is 1.66. The van der Waals surface area contributed by atoms with Crippen molar-refractivity contribution >= 4 is 5.97 Å². The number of unbranched alkanes of at least 4 members (excludes halogenated alkanes) is 1.